The van der Waals surface area contributed by atoms with Crippen LogP contribution in [0.15, 0.2) is 0 Å². The molecule has 112 valence electrons. The molecule has 1 rings (SSSR count). The highest BCUT2D eigenvalue weighted by Gasteiger charge is 2.52. The quantitative estimate of drug-likeness (QED) is 0.824. The van der Waals surface area contributed by atoms with Gasteiger partial charge in [-0.2, -0.15) is 0 Å². The molecule has 3 N–H and O–H groups in total. The first-order chi connectivity index (χ1) is 8.41. The fourth-order valence-corrected chi connectivity index (χ4v) is 3.82. The van der Waals surface area contributed by atoms with Gasteiger partial charge in [0.1, 0.15) is 0 Å². The Labute approximate surface area is 118 Å². The third-order valence-electron chi connectivity index (χ3n) is 4.98. The lowest BCUT2D eigenvalue weighted by molar-refractivity contribution is -0.139. The van der Waals surface area contributed by atoms with Gasteiger partial charge in [-0.25, -0.2) is 0 Å². The predicted octanol–water partition coefficient (Wildman–Crippen LogP) is 3.52. The first-order valence-corrected chi connectivity index (χ1v) is 7.33. The summed E-state index contributed by atoms with van der Waals surface area (Å²) in [5.41, 5.74) is 6.16. The van der Waals surface area contributed by atoms with E-state index in [1.807, 2.05) is 0 Å². The van der Waals surface area contributed by atoms with Crippen molar-refractivity contribution in [2.45, 2.75) is 60.8 Å². The maximum Gasteiger partial charge on any atom is 0.303 e. The molecule has 0 radical (unpaired) electrons. The van der Waals surface area contributed by atoms with Crippen LogP contribution in [0, 0.1) is 28.1 Å². The lowest BCUT2D eigenvalue weighted by Gasteiger charge is -2.39. The van der Waals surface area contributed by atoms with Gasteiger partial charge in [-0.05, 0) is 47.5 Å². The molecule has 0 heterocycles. The van der Waals surface area contributed by atoms with Crippen LogP contribution in [0.5, 0.6) is 0 Å². The summed E-state index contributed by atoms with van der Waals surface area (Å²) in [7, 11) is 0. The van der Waals surface area contributed by atoms with Crippen LogP contribution >= 0.6 is 0 Å². The van der Waals surface area contributed by atoms with Crippen molar-refractivity contribution in [2.75, 3.05) is 6.54 Å². The minimum Gasteiger partial charge on any atom is -0.481 e. The van der Waals surface area contributed by atoms with Crippen LogP contribution in [0.25, 0.3) is 0 Å². The molecule has 0 saturated heterocycles. The summed E-state index contributed by atoms with van der Waals surface area (Å²) in [6, 6.07) is 0. The van der Waals surface area contributed by atoms with Gasteiger partial charge >= 0.3 is 5.97 Å². The maximum absolute atomic E-state index is 11.2. The fourth-order valence-electron chi connectivity index (χ4n) is 3.82. The Morgan fingerprint density at radius 3 is 1.68 bits per heavy atom. The molecule has 3 nitrogen and oxygen atoms in total. The largest absolute Gasteiger partial charge is 0.481 e. The molecule has 0 spiro atoms. The van der Waals surface area contributed by atoms with Gasteiger partial charge in [-0.1, -0.05) is 41.5 Å². The standard InChI is InChI=1S/C16H31NO2/c1-14(2,3)11-7-16(10-17,9-13(18)19)8-12(11)15(4,5)6/h11-12H,7-10,17H2,1-6H3,(H,18,19)/t11-,12-/m1/s1. The van der Waals surface area contributed by atoms with Crippen LogP contribution in [0.3, 0.4) is 0 Å². The molecule has 19 heavy (non-hydrogen) atoms. The van der Waals surface area contributed by atoms with E-state index in [0.717, 1.165) is 12.8 Å². The highest BCUT2D eigenvalue weighted by Crippen LogP contribution is 2.58. The average Bonchev–Trinajstić information content (AvgIpc) is 2.56. The molecular weight excluding hydrogens is 238 g/mol. The van der Waals surface area contributed by atoms with Gasteiger partial charge in [0.15, 0.2) is 0 Å². The number of rotatable bonds is 3. The van der Waals surface area contributed by atoms with Crippen molar-refractivity contribution in [2.24, 2.45) is 33.8 Å². The van der Waals surface area contributed by atoms with Crippen molar-refractivity contribution < 1.29 is 9.90 Å². The molecule has 1 aliphatic carbocycles. The monoisotopic (exact) mass is 269 g/mol. The number of hydrogen-bond acceptors (Lipinski definition) is 2. The van der Waals surface area contributed by atoms with Crippen molar-refractivity contribution in [1.29, 1.82) is 0 Å². The second-order valence-electron chi connectivity index (χ2n) is 8.63. The molecule has 0 unspecified atom stereocenters. The van der Waals surface area contributed by atoms with E-state index in [-0.39, 0.29) is 22.7 Å². The molecule has 1 saturated carbocycles. The van der Waals surface area contributed by atoms with E-state index in [4.69, 9.17) is 5.73 Å². The third-order valence-corrected chi connectivity index (χ3v) is 4.98. The number of aliphatic carboxylic acids is 1. The first-order valence-electron chi connectivity index (χ1n) is 7.33. The summed E-state index contributed by atoms with van der Waals surface area (Å²) < 4.78 is 0. The number of hydrogen-bond donors (Lipinski definition) is 2. The smallest absolute Gasteiger partial charge is 0.303 e. The molecule has 2 atom stereocenters. The topological polar surface area (TPSA) is 63.3 Å². The molecule has 0 aromatic carbocycles. The minimum atomic E-state index is -0.715. The van der Waals surface area contributed by atoms with Gasteiger partial charge in [-0.3, -0.25) is 4.79 Å². The Morgan fingerprint density at radius 2 is 1.47 bits per heavy atom. The van der Waals surface area contributed by atoms with E-state index in [1.54, 1.807) is 0 Å². The molecule has 0 amide bonds. The normalized spacial score (nSPS) is 27.5. The van der Waals surface area contributed by atoms with Gasteiger partial charge in [-0.15, -0.1) is 0 Å². The van der Waals surface area contributed by atoms with Crippen molar-refractivity contribution >= 4 is 5.97 Å². The molecule has 0 bridgehead atoms. The Hall–Kier alpha value is -0.570. The number of carboxylic acid groups (broad SMARTS) is 1. The Morgan fingerprint density at radius 1 is 1.11 bits per heavy atom. The number of carboxylic acids is 1. The zero-order chi connectivity index (χ0) is 15.1. The van der Waals surface area contributed by atoms with E-state index in [9.17, 15) is 9.90 Å². The van der Waals surface area contributed by atoms with E-state index >= 15 is 0 Å². The molecule has 0 aromatic rings. The van der Waals surface area contributed by atoms with Crippen molar-refractivity contribution in [3.63, 3.8) is 0 Å². The third kappa shape index (κ3) is 3.71. The zero-order valence-electron chi connectivity index (χ0n) is 13.4. The fraction of sp³-hybridized carbons (Fsp3) is 0.938. The lowest BCUT2D eigenvalue weighted by atomic mass is 9.66. The molecule has 3 heteroatoms. The van der Waals surface area contributed by atoms with Gasteiger partial charge < -0.3 is 10.8 Å². The molecule has 1 fully saturated rings. The Balaban J connectivity index is 3.08. The van der Waals surface area contributed by atoms with E-state index in [2.05, 4.69) is 41.5 Å². The van der Waals surface area contributed by atoms with E-state index in [0.29, 0.717) is 18.4 Å². The lowest BCUT2D eigenvalue weighted by Crippen LogP contribution is -2.32. The van der Waals surface area contributed by atoms with E-state index in [1.165, 1.54) is 0 Å². The summed E-state index contributed by atoms with van der Waals surface area (Å²) in [6.45, 7) is 14.1. The van der Waals surface area contributed by atoms with Gasteiger partial charge in [0.05, 0.1) is 6.42 Å². The van der Waals surface area contributed by atoms with Crippen LogP contribution in [0.2, 0.25) is 0 Å². The predicted molar refractivity (Wildman–Crippen MR) is 78.9 cm³/mol. The highest BCUT2D eigenvalue weighted by atomic mass is 16.4. The van der Waals surface area contributed by atoms with Crippen LogP contribution < -0.4 is 5.73 Å². The van der Waals surface area contributed by atoms with Crippen molar-refractivity contribution in [1.82, 2.24) is 0 Å². The maximum atomic E-state index is 11.2. The summed E-state index contributed by atoms with van der Waals surface area (Å²) in [6.07, 6.45) is 2.10. The van der Waals surface area contributed by atoms with Crippen LogP contribution in [-0.4, -0.2) is 17.6 Å². The second-order valence-corrected chi connectivity index (χ2v) is 8.63. The Bertz CT molecular complexity index is 314. The van der Waals surface area contributed by atoms with E-state index < -0.39 is 5.97 Å². The summed E-state index contributed by atoms with van der Waals surface area (Å²) >= 11 is 0. The number of nitrogens with two attached hydrogens (primary N) is 1. The molecular formula is C16H31NO2. The van der Waals surface area contributed by atoms with Crippen molar-refractivity contribution in [3.8, 4) is 0 Å². The minimum absolute atomic E-state index is 0.202. The van der Waals surface area contributed by atoms with Crippen LogP contribution in [0.4, 0.5) is 0 Å². The van der Waals surface area contributed by atoms with Crippen LogP contribution in [0.1, 0.15) is 60.8 Å². The highest BCUT2D eigenvalue weighted by molar-refractivity contribution is 5.67. The van der Waals surface area contributed by atoms with Gasteiger partial charge in [0, 0.05) is 0 Å². The number of carbonyl (C=O) groups is 1. The molecule has 0 aliphatic heterocycles. The zero-order valence-corrected chi connectivity index (χ0v) is 13.4. The SMILES string of the molecule is CC(C)(C)[C@@H]1CC(CN)(CC(=O)O)C[C@H]1C(C)(C)C. The summed E-state index contributed by atoms with van der Waals surface area (Å²) in [5.74, 6) is 0.360. The first kappa shape index (κ1) is 16.5. The van der Waals surface area contributed by atoms with Gasteiger partial charge in [0.2, 0.25) is 0 Å². The molecule has 1 aliphatic rings. The second kappa shape index (κ2) is 5.08. The average molecular weight is 269 g/mol. The molecule has 0 aromatic heterocycles. The van der Waals surface area contributed by atoms with Gasteiger partial charge in [0.25, 0.3) is 0 Å². The van der Waals surface area contributed by atoms with Crippen LogP contribution in [-0.2, 0) is 4.79 Å². The summed E-state index contributed by atoms with van der Waals surface area (Å²) in [5, 5.41) is 9.19. The Kier molecular flexibility index (Phi) is 4.41. The summed E-state index contributed by atoms with van der Waals surface area (Å²) in [4.78, 5) is 11.2. The van der Waals surface area contributed by atoms with Crippen molar-refractivity contribution in [3.05, 3.63) is 0 Å².